The minimum absolute atomic E-state index is 0.160. The van der Waals surface area contributed by atoms with Crippen molar-refractivity contribution in [1.29, 1.82) is 0 Å². The predicted molar refractivity (Wildman–Crippen MR) is 115 cm³/mol. The first-order valence-corrected chi connectivity index (χ1v) is 9.86. The van der Waals surface area contributed by atoms with Crippen LogP contribution in [0.2, 0.25) is 0 Å². The number of aromatic hydroxyl groups is 1. The fraction of sp³-hybridized carbons (Fsp3) is 0.0500. The van der Waals surface area contributed by atoms with Crippen molar-refractivity contribution in [3.63, 3.8) is 0 Å². The molecule has 0 unspecified atom stereocenters. The second-order valence-electron chi connectivity index (χ2n) is 5.99. The molecule has 0 saturated heterocycles. The van der Waals surface area contributed by atoms with Gasteiger partial charge in [-0.15, -0.1) is 11.3 Å². The molecule has 134 valence electrons. The van der Waals surface area contributed by atoms with E-state index in [-0.39, 0.29) is 5.75 Å². The Morgan fingerprint density at radius 3 is 2.78 bits per heavy atom. The van der Waals surface area contributed by atoms with Crippen LogP contribution in [0, 0.1) is 6.92 Å². The number of nitrogens with one attached hydrogen (secondary N) is 1. The van der Waals surface area contributed by atoms with Crippen molar-refractivity contribution in [1.82, 2.24) is 9.97 Å². The molecule has 0 fully saturated rings. The quantitative estimate of drug-likeness (QED) is 0.322. The van der Waals surface area contributed by atoms with Crippen LogP contribution in [0.3, 0.4) is 0 Å². The molecule has 0 bridgehead atoms. The number of aromatic nitrogens is 2. The maximum Gasteiger partial charge on any atom is 0.159 e. The summed E-state index contributed by atoms with van der Waals surface area (Å²) in [7, 11) is 0. The highest BCUT2D eigenvalue weighted by Crippen LogP contribution is 2.36. The van der Waals surface area contributed by atoms with E-state index >= 15 is 0 Å². The second-order valence-corrected chi connectivity index (χ2v) is 7.76. The molecule has 27 heavy (non-hydrogen) atoms. The molecule has 0 spiro atoms. The molecule has 0 aliphatic carbocycles. The van der Waals surface area contributed by atoms with Crippen LogP contribution in [0.1, 0.15) is 11.1 Å². The van der Waals surface area contributed by atoms with Crippen molar-refractivity contribution in [2.24, 2.45) is 5.10 Å². The number of benzene rings is 2. The number of hydrazone groups is 1. The number of hydrogen-bond donors (Lipinski definition) is 2. The van der Waals surface area contributed by atoms with E-state index in [4.69, 9.17) is 0 Å². The second kappa shape index (κ2) is 7.46. The van der Waals surface area contributed by atoms with Crippen molar-refractivity contribution < 1.29 is 5.11 Å². The van der Waals surface area contributed by atoms with Gasteiger partial charge in [0.25, 0.3) is 0 Å². The lowest BCUT2D eigenvalue weighted by molar-refractivity contribution is 0.474. The molecule has 4 rings (SSSR count). The van der Waals surface area contributed by atoms with Crippen LogP contribution < -0.4 is 5.43 Å². The average molecular weight is 439 g/mol. The summed E-state index contributed by atoms with van der Waals surface area (Å²) >= 11 is 4.96. The number of nitrogens with zero attached hydrogens (tertiary/aromatic N) is 3. The van der Waals surface area contributed by atoms with E-state index in [0.29, 0.717) is 11.4 Å². The Morgan fingerprint density at radius 1 is 1.15 bits per heavy atom. The van der Waals surface area contributed by atoms with Gasteiger partial charge in [-0.1, -0.05) is 45.8 Å². The molecule has 0 atom stereocenters. The Kier molecular flexibility index (Phi) is 4.87. The molecule has 7 heteroatoms. The van der Waals surface area contributed by atoms with Gasteiger partial charge in [-0.2, -0.15) is 5.10 Å². The number of rotatable bonds is 4. The molecule has 2 aromatic heterocycles. The van der Waals surface area contributed by atoms with Crippen LogP contribution >= 0.6 is 27.3 Å². The normalized spacial score (nSPS) is 11.3. The van der Waals surface area contributed by atoms with Gasteiger partial charge in [-0.25, -0.2) is 9.97 Å². The SMILES string of the molecule is Cc1ccc(-c2csc3ncnc(N/N=C\c4cc(Br)ccc4O)c23)cc1. The summed E-state index contributed by atoms with van der Waals surface area (Å²) in [5, 5.41) is 17.2. The molecule has 4 aromatic rings. The third-order valence-electron chi connectivity index (χ3n) is 4.10. The van der Waals surface area contributed by atoms with Crippen molar-refractivity contribution in [3.05, 3.63) is 69.8 Å². The molecule has 2 aromatic carbocycles. The summed E-state index contributed by atoms with van der Waals surface area (Å²) in [4.78, 5) is 9.61. The van der Waals surface area contributed by atoms with Gasteiger partial charge >= 0.3 is 0 Å². The molecule has 0 amide bonds. The van der Waals surface area contributed by atoms with E-state index in [9.17, 15) is 5.11 Å². The Labute approximate surface area is 168 Å². The molecular formula is C20H15BrN4OS. The molecule has 0 aliphatic rings. The van der Waals surface area contributed by atoms with E-state index in [1.54, 1.807) is 35.8 Å². The smallest absolute Gasteiger partial charge is 0.159 e. The highest BCUT2D eigenvalue weighted by atomic mass is 79.9. The van der Waals surface area contributed by atoms with Gasteiger partial charge in [0, 0.05) is 21.0 Å². The lowest BCUT2D eigenvalue weighted by Crippen LogP contribution is -1.95. The van der Waals surface area contributed by atoms with Gasteiger partial charge in [0.05, 0.1) is 11.6 Å². The first-order chi connectivity index (χ1) is 13.1. The summed E-state index contributed by atoms with van der Waals surface area (Å²) in [6.07, 6.45) is 3.08. The fourth-order valence-corrected chi connectivity index (χ4v) is 3.99. The molecule has 5 nitrogen and oxygen atoms in total. The van der Waals surface area contributed by atoms with Crippen LogP contribution in [-0.2, 0) is 0 Å². The van der Waals surface area contributed by atoms with Crippen LogP contribution in [0.15, 0.2) is 63.7 Å². The highest BCUT2D eigenvalue weighted by molar-refractivity contribution is 9.10. The minimum atomic E-state index is 0.160. The number of fused-ring (bicyclic) bond motifs is 1. The number of phenols is 1. The summed E-state index contributed by atoms with van der Waals surface area (Å²) in [5.74, 6) is 0.787. The summed E-state index contributed by atoms with van der Waals surface area (Å²) in [6, 6.07) is 13.5. The Balaban J connectivity index is 1.70. The van der Waals surface area contributed by atoms with Gasteiger partial charge < -0.3 is 5.11 Å². The van der Waals surface area contributed by atoms with E-state index in [2.05, 4.69) is 73.0 Å². The Morgan fingerprint density at radius 2 is 1.96 bits per heavy atom. The highest BCUT2D eigenvalue weighted by Gasteiger charge is 2.12. The van der Waals surface area contributed by atoms with E-state index < -0.39 is 0 Å². The molecule has 2 heterocycles. The summed E-state index contributed by atoms with van der Waals surface area (Å²) in [5.41, 5.74) is 6.98. The van der Waals surface area contributed by atoms with E-state index in [1.807, 2.05) is 0 Å². The maximum absolute atomic E-state index is 9.92. The lowest BCUT2D eigenvalue weighted by Gasteiger charge is -2.05. The predicted octanol–water partition coefficient (Wildman–Crippen LogP) is 5.58. The van der Waals surface area contributed by atoms with Gasteiger partial charge in [-0.3, -0.25) is 5.43 Å². The first kappa shape index (κ1) is 17.6. The van der Waals surface area contributed by atoms with Crippen LogP contribution in [0.5, 0.6) is 5.75 Å². The average Bonchev–Trinajstić information content (AvgIpc) is 3.10. The summed E-state index contributed by atoms with van der Waals surface area (Å²) in [6.45, 7) is 2.07. The van der Waals surface area contributed by atoms with E-state index in [0.717, 1.165) is 25.8 Å². The largest absolute Gasteiger partial charge is 0.507 e. The number of aryl methyl sites for hydroxylation is 1. The van der Waals surface area contributed by atoms with Gasteiger partial charge in [0.15, 0.2) is 5.82 Å². The Bertz CT molecular complexity index is 1140. The maximum atomic E-state index is 9.92. The van der Waals surface area contributed by atoms with Crippen molar-refractivity contribution in [2.75, 3.05) is 5.43 Å². The zero-order valence-corrected chi connectivity index (χ0v) is 16.8. The number of halogens is 1. The zero-order valence-electron chi connectivity index (χ0n) is 14.3. The van der Waals surface area contributed by atoms with E-state index in [1.165, 1.54) is 11.9 Å². The van der Waals surface area contributed by atoms with Crippen molar-refractivity contribution in [3.8, 4) is 16.9 Å². The first-order valence-electron chi connectivity index (χ1n) is 8.18. The minimum Gasteiger partial charge on any atom is -0.507 e. The third-order valence-corrected chi connectivity index (χ3v) is 5.48. The molecule has 0 saturated carbocycles. The molecular weight excluding hydrogens is 424 g/mol. The topological polar surface area (TPSA) is 70.4 Å². The van der Waals surface area contributed by atoms with Crippen LogP contribution in [0.4, 0.5) is 5.82 Å². The number of thiophene rings is 1. The number of hydrogen-bond acceptors (Lipinski definition) is 6. The summed E-state index contributed by atoms with van der Waals surface area (Å²) < 4.78 is 0.866. The third kappa shape index (κ3) is 3.70. The lowest BCUT2D eigenvalue weighted by atomic mass is 10.0. The molecule has 0 aliphatic heterocycles. The van der Waals surface area contributed by atoms with Crippen LogP contribution in [0.25, 0.3) is 21.3 Å². The van der Waals surface area contributed by atoms with Crippen molar-refractivity contribution >= 4 is 49.5 Å². The Hall–Kier alpha value is -2.77. The number of phenolic OH excluding ortho intramolecular Hbond substituents is 1. The van der Waals surface area contributed by atoms with Gasteiger partial charge in [0.2, 0.25) is 0 Å². The molecule has 2 N–H and O–H groups in total. The van der Waals surface area contributed by atoms with Crippen LogP contribution in [-0.4, -0.2) is 21.3 Å². The van der Waals surface area contributed by atoms with Crippen molar-refractivity contribution in [2.45, 2.75) is 6.92 Å². The monoisotopic (exact) mass is 438 g/mol. The standard InChI is InChI=1S/C20H15BrN4OS/c1-12-2-4-13(5-3-12)16-10-27-20-18(16)19(22-11-23-20)25-24-9-14-8-15(21)6-7-17(14)26/h2-11,26H,1H3,(H,22,23,25)/b24-9-. The number of anilines is 1. The zero-order chi connectivity index (χ0) is 18.8. The van der Waals surface area contributed by atoms with Gasteiger partial charge in [0.1, 0.15) is 16.9 Å². The van der Waals surface area contributed by atoms with Gasteiger partial charge in [-0.05, 0) is 30.7 Å². The molecule has 0 radical (unpaired) electrons. The fourth-order valence-electron chi connectivity index (χ4n) is 2.70.